The van der Waals surface area contributed by atoms with Crippen LogP contribution in [-0.2, 0) is 27.7 Å². The molecule has 10 heteroatoms. The Kier molecular flexibility index (Phi) is 5.82. The van der Waals surface area contributed by atoms with Gasteiger partial charge in [0, 0.05) is 20.8 Å². The van der Waals surface area contributed by atoms with E-state index in [0.29, 0.717) is 0 Å². The third kappa shape index (κ3) is 4.73. The van der Waals surface area contributed by atoms with Crippen LogP contribution in [0.15, 0.2) is 0 Å². The number of carbonyl (C=O) groups excluding carboxylic acids is 3. The van der Waals surface area contributed by atoms with Crippen molar-refractivity contribution in [3.05, 3.63) is 0 Å². The number of hydrogen-bond donors (Lipinski definition) is 0. The first-order valence-corrected chi connectivity index (χ1v) is 6.42. The molecule has 0 aromatic carbocycles. The van der Waals surface area contributed by atoms with Gasteiger partial charge in [-0.3, -0.25) is 14.4 Å². The van der Waals surface area contributed by atoms with Crippen LogP contribution in [0.5, 0.6) is 0 Å². The summed E-state index contributed by atoms with van der Waals surface area (Å²) in [5, 5.41) is 0. The molecule has 0 aliphatic carbocycles. The molecule has 1 unspecified atom stereocenters. The molecule has 104 valence electrons. The maximum atomic E-state index is 13.4. The van der Waals surface area contributed by atoms with E-state index in [-0.39, 0.29) is 0 Å². The van der Waals surface area contributed by atoms with Crippen molar-refractivity contribution < 1.29 is 40.8 Å². The fraction of sp³-hybridized carbons (Fsp3) is 0.625. The molecule has 0 heterocycles. The largest absolute Gasteiger partial charge is 0.747 e. The average Bonchev–Trinajstić information content (AvgIpc) is 2.12. The molecule has 0 aromatic heterocycles. The predicted molar refractivity (Wildman–Crippen MR) is 52.0 cm³/mol. The number of carbonyl (C=O) groups is 3. The van der Waals surface area contributed by atoms with Gasteiger partial charge in [-0.05, 0) is 0 Å². The van der Waals surface area contributed by atoms with Crippen LogP contribution in [0, 0.1) is 0 Å². The van der Waals surface area contributed by atoms with Crippen molar-refractivity contribution in [1.82, 2.24) is 0 Å². The molecular weight excluding hydrogens is 277 g/mol. The van der Waals surface area contributed by atoms with E-state index in [2.05, 4.69) is 13.3 Å². The zero-order valence-corrected chi connectivity index (χ0v) is 10.7. The van der Waals surface area contributed by atoms with Gasteiger partial charge in [0.15, 0.2) is 0 Å². The van der Waals surface area contributed by atoms with Crippen molar-refractivity contribution in [2.75, 3.05) is 0 Å². The van der Waals surface area contributed by atoms with E-state index in [1.54, 1.807) is 0 Å². The molecule has 0 aliphatic heterocycles. The molecule has 0 aromatic rings. The molecule has 1 atom stereocenters. The quantitative estimate of drug-likeness (QED) is 0.695. The van der Waals surface area contributed by atoms with Gasteiger partial charge in [-0.1, -0.05) is 0 Å². The van der Waals surface area contributed by atoms with Gasteiger partial charge in [-0.25, -0.2) is 13.2 Å². The summed E-state index contributed by atoms with van der Waals surface area (Å²) in [5.41, 5.74) is 0. The van der Waals surface area contributed by atoms with Crippen molar-refractivity contribution >= 4 is 26.7 Å². The molecule has 0 saturated heterocycles. The summed E-state index contributed by atoms with van der Waals surface area (Å²) in [6.45, 7) is 2.31. The van der Waals surface area contributed by atoms with E-state index in [1.165, 1.54) is 0 Å². The molecule has 0 amide bonds. The van der Waals surface area contributed by atoms with Crippen LogP contribution < -0.4 is 0 Å². The maximum absolute atomic E-state index is 13.4. The molecular formula is C8H11F3O6Si. The van der Waals surface area contributed by atoms with E-state index < -0.39 is 38.9 Å². The van der Waals surface area contributed by atoms with Crippen LogP contribution in [0.1, 0.15) is 20.8 Å². The monoisotopic (exact) mass is 288 g/mol. The Morgan fingerprint density at radius 1 is 0.833 bits per heavy atom. The van der Waals surface area contributed by atoms with Crippen LogP contribution >= 0.6 is 0 Å². The van der Waals surface area contributed by atoms with E-state index in [4.69, 9.17) is 0 Å². The average molecular weight is 288 g/mol. The molecule has 0 rings (SSSR count). The van der Waals surface area contributed by atoms with Gasteiger partial charge >= 0.3 is 8.80 Å². The second-order valence-electron chi connectivity index (χ2n) is 3.12. The first-order valence-electron chi connectivity index (χ1n) is 4.61. The first-order chi connectivity index (χ1) is 8.10. The van der Waals surface area contributed by atoms with Crippen LogP contribution in [0.25, 0.3) is 0 Å². The fourth-order valence-electron chi connectivity index (χ4n) is 0.987. The summed E-state index contributed by atoms with van der Waals surface area (Å²) in [7, 11) is -5.12. The normalized spacial score (nSPS) is 12.8. The predicted octanol–water partition coefficient (Wildman–Crippen LogP) is 0.757. The standard InChI is InChI=1S/C8H11F3O6Si/c1-4(12)15-18(16-5(2)13,17-6(3)14)8(11)7(9)10/h7-8H,1-3H3. The van der Waals surface area contributed by atoms with E-state index in [9.17, 15) is 27.6 Å². The van der Waals surface area contributed by atoms with Crippen molar-refractivity contribution in [3.63, 3.8) is 0 Å². The van der Waals surface area contributed by atoms with E-state index in [0.717, 1.165) is 20.8 Å². The second kappa shape index (κ2) is 6.38. The molecule has 0 aliphatic rings. The Balaban J connectivity index is 5.43. The lowest BCUT2D eigenvalue weighted by Crippen LogP contribution is -2.59. The van der Waals surface area contributed by atoms with Gasteiger partial charge < -0.3 is 13.3 Å². The van der Waals surface area contributed by atoms with Gasteiger partial charge in [0.05, 0.1) is 0 Å². The smallest absolute Gasteiger partial charge is 0.454 e. The Morgan fingerprint density at radius 3 is 1.28 bits per heavy atom. The SMILES string of the molecule is CC(=O)O[Si](OC(C)=O)(OC(C)=O)C(F)C(F)F. The highest BCUT2D eigenvalue weighted by Crippen LogP contribution is 2.24. The summed E-state index contributed by atoms with van der Waals surface area (Å²) in [5.74, 6) is -6.85. The van der Waals surface area contributed by atoms with Crippen molar-refractivity contribution in [1.29, 1.82) is 0 Å². The highest BCUT2D eigenvalue weighted by Gasteiger charge is 2.64. The molecule has 0 fully saturated rings. The number of alkyl halides is 3. The van der Waals surface area contributed by atoms with Crippen molar-refractivity contribution in [3.8, 4) is 0 Å². The molecule has 6 nitrogen and oxygen atoms in total. The maximum Gasteiger partial charge on any atom is 0.747 e. The van der Waals surface area contributed by atoms with Crippen LogP contribution in [-0.4, -0.2) is 38.9 Å². The van der Waals surface area contributed by atoms with Crippen LogP contribution in [0.3, 0.4) is 0 Å². The van der Waals surface area contributed by atoms with Crippen molar-refractivity contribution in [2.45, 2.75) is 33.0 Å². The minimum Gasteiger partial charge on any atom is -0.454 e. The molecule has 0 radical (unpaired) electrons. The molecule has 18 heavy (non-hydrogen) atoms. The lowest BCUT2D eigenvalue weighted by molar-refractivity contribution is -0.150. The number of halogens is 3. The number of hydrogen-bond acceptors (Lipinski definition) is 6. The van der Waals surface area contributed by atoms with Gasteiger partial charge in [-0.15, -0.1) is 0 Å². The van der Waals surface area contributed by atoms with Crippen LogP contribution in [0.4, 0.5) is 13.2 Å². The lowest BCUT2D eigenvalue weighted by atomic mass is 10.8. The Hall–Kier alpha value is -1.58. The third-order valence-corrected chi connectivity index (χ3v) is 4.06. The third-order valence-electron chi connectivity index (χ3n) is 1.42. The Bertz CT molecular complexity index is 307. The topological polar surface area (TPSA) is 78.9 Å². The highest BCUT2D eigenvalue weighted by atomic mass is 28.4. The van der Waals surface area contributed by atoms with Gasteiger partial charge in [0.1, 0.15) is 0 Å². The second-order valence-corrected chi connectivity index (χ2v) is 5.49. The van der Waals surface area contributed by atoms with Gasteiger partial charge in [0.25, 0.3) is 30.1 Å². The summed E-state index contributed by atoms with van der Waals surface area (Å²) in [6.07, 6.45) is -3.64. The summed E-state index contributed by atoms with van der Waals surface area (Å²) in [4.78, 5) is 32.3. The first kappa shape index (κ1) is 16.4. The Morgan fingerprint density at radius 2 is 1.11 bits per heavy atom. The fourth-order valence-corrected chi connectivity index (χ4v) is 2.96. The van der Waals surface area contributed by atoms with Crippen molar-refractivity contribution in [2.24, 2.45) is 0 Å². The zero-order valence-electron chi connectivity index (χ0n) is 9.74. The number of rotatable bonds is 5. The minimum atomic E-state index is -5.12. The molecule has 0 saturated carbocycles. The molecule has 0 spiro atoms. The van der Waals surface area contributed by atoms with Crippen LogP contribution in [0.2, 0.25) is 0 Å². The molecule has 0 N–H and O–H groups in total. The van der Waals surface area contributed by atoms with Gasteiger partial charge in [-0.2, -0.15) is 0 Å². The zero-order chi connectivity index (χ0) is 14.5. The molecule has 0 bridgehead atoms. The van der Waals surface area contributed by atoms with E-state index >= 15 is 0 Å². The summed E-state index contributed by atoms with van der Waals surface area (Å²) >= 11 is 0. The summed E-state index contributed by atoms with van der Waals surface area (Å²) < 4.78 is 50.9. The van der Waals surface area contributed by atoms with Gasteiger partial charge in [0.2, 0.25) is 0 Å². The van der Waals surface area contributed by atoms with E-state index in [1.807, 2.05) is 0 Å². The minimum absolute atomic E-state index is 0.771. The highest BCUT2D eigenvalue weighted by molar-refractivity contribution is 6.67. The Labute approximate surface area is 101 Å². The summed E-state index contributed by atoms with van der Waals surface area (Å²) in [6, 6.07) is 0. The lowest BCUT2D eigenvalue weighted by Gasteiger charge is -2.27.